The van der Waals surface area contributed by atoms with Gasteiger partial charge in [-0.3, -0.25) is 4.68 Å². The summed E-state index contributed by atoms with van der Waals surface area (Å²) >= 11 is 0. The molecule has 2 aromatic rings. The smallest absolute Gasteiger partial charge is 0.0674 e. The van der Waals surface area contributed by atoms with Crippen LogP contribution < -0.4 is 0 Å². The van der Waals surface area contributed by atoms with Gasteiger partial charge in [-0.1, -0.05) is 42.5 Å². The van der Waals surface area contributed by atoms with Crippen LogP contribution in [0.25, 0.3) is 6.08 Å². The van der Waals surface area contributed by atoms with Crippen molar-refractivity contribution in [1.82, 2.24) is 9.78 Å². The Morgan fingerprint density at radius 1 is 1.20 bits per heavy atom. The molecule has 0 bridgehead atoms. The molecular weight excluding hydrogens is 184 g/mol. The van der Waals surface area contributed by atoms with Crippen molar-refractivity contribution in [3.05, 3.63) is 60.4 Å². The minimum Gasteiger partial charge on any atom is -0.266 e. The molecule has 0 aliphatic heterocycles. The van der Waals surface area contributed by atoms with Gasteiger partial charge in [0.05, 0.1) is 6.04 Å². The van der Waals surface area contributed by atoms with Gasteiger partial charge in [-0.25, -0.2) is 0 Å². The first-order chi connectivity index (χ1) is 7.36. The molecule has 1 atom stereocenters. The lowest BCUT2D eigenvalue weighted by Gasteiger charge is -2.05. The summed E-state index contributed by atoms with van der Waals surface area (Å²) in [6.07, 6.45) is 8.03. The number of benzene rings is 1. The fourth-order valence-electron chi connectivity index (χ4n) is 1.42. The van der Waals surface area contributed by atoms with E-state index in [1.165, 1.54) is 5.56 Å². The molecule has 0 aliphatic rings. The average molecular weight is 198 g/mol. The Morgan fingerprint density at radius 3 is 2.67 bits per heavy atom. The summed E-state index contributed by atoms with van der Waals surface area (Å²) in [5.41, 5.74) is 1.22. The van der Waals surface area contributed by atoms with Crippen LogP contribution in [0.4, 0.5) is 0 Å². The van der Waals surface area contributed by atoms with Crippen LogP contribution in [0.2, 0.25) is 0 Å². The summed E-state index contributed by atoms with van der Waals surface area (Å²) in [6.45, 7) is 2.12. The van der Waals surface area contributed by atoms with Gasteiger partial charge in [0.25, 0.3) is 0 Å². The lowest BCUT2D eigenvalue weighted by molar-refractivity contribution is 0.582. The number of allylic oxidation sites excluding steroid dienone is 1. The summed E-state index contributed by atoms with van der Waals surface area (Å²) in [4.78, 5) is 0. The van der Waals surface area contributed by atoms with Crippen LogP contribution >= 0.6 is 0 Å². The molecule has 0 saturated heterocycles. The van der Waals surface area contributed by atoms with Crippen LogP contribution in [0.5, 0.6) is 0 Å². The van der Waals surface area contributed by atoms with E-state index < -0.39 is 0 Å². The lowest BCUT2D eigenvalue weighted by atomic mass is 10.2. The van der Waals surface area contributed by atoms with Gasteiger partial charge in [0.2, 0.25) is 0 Å². The first-order valence-electron chi connectivity index (χ1n) is 5.08. The molecule has 76 valence electrons. The van der Waals surface area contributed by atoms with E-state index in [9.17, 15) is 0 Å². The zero-order valence-corrected chi connectivity index (χ0v) is 8.75. The summed E-state index contributed by atoms with van der Waals surface area (Å²) in [6, 6.07) is 12.5. The van der Waals surface area contributed by atoms with Crippen molar-refractivity contribution in [2.24, 2.45) is 0 Å². The third-order valence-corrected chi connectivity index (χ3v) is 2.31. The van der Waals surface area contributed by atoms with Crippen LogP contribution in [-0.4, -0.2) is 9.78 Å². The Balaban J connectivity index is 2.06. The number of rotatable bonds is 3. The van der Waals surface area contributed by atoms with E-state index >= 15 is 0 Å². The fraction of sp³-hybridized carbons (Fsp3) is 0.154. The quantitative estimate of drug-likeness (QED) is 0.740. The van der Waals surface area contributed by atoms with Crippen molar-refractivity contribution < 1.29 is 0 Å². The largest absolute Gasteiger partial charge is 0.266 e. The van der Waals surface area contributed by atoms with Gasteiger partial charge in [-0.05, 0) is 18.6 Å². The van der Waals surface area contributed by atoms with Gasteiger partial charge < -0.3 is 0 Å². The van der Waals surface area contributed by atoms with Crippen molar-refractivity contribution in [2.45, 2.75) is 13.0 Å². The maximum Gasteiger partial charge on any atom is 0.0674 e. The van der Waals surface area contributed by atoms with Crippen molar-refractivity contribution in [1.29, 1.82) is 0 Å². The van der Waals surface area contributed by atoms with Crippen molar-refractivity contribution >= 4 is 6.08 Å². The molecule has 0 saturated carbocycles. The monoisotopic (exact) mass is 198 g/mol. The Labute approximate surface area is 89.9 Å². The van der Waals surface area contributed by atoms with E-state index in [0.29, 0.717) is 6.04 Å². The molecule has 0 radical (unpaired) electrons. The second kappa shape index (κ2) is 4.60. The third-order valence-electron chi connectivity index (χ3n) is 2.31. The number of hydrogen-bond acceptors (Lipinski definition) is 1. The van der Waals surface area contributed by atoms with Gasteiger partial charge in [-0.15, -0.1) is 0 Å². The second-order valence-corrected chi connectivity index (χ2v) is 3.50. The Hall–Kier alpha value is -1.83. The molecule has 2 heteroatoms. The molecule has 1 heterocycles. The third kappa shape index (κ3) is 2.56. The Bertz CT molecular complexity index is 415. The normalized spacial score (nSPS) is 13.1. The van der Waals surface area contributed by atoms with Crippen molar-refractivity contribution in [2.75, 3.05) is 0 Å². The maximum atomic E-state index is 4.19. The van der Waals surface area contributed by atoms with Crippen molar-refractivity contribution in [3.63, 3.8) is 0 Å². The first-order valence-corrected chi connectivity index (χ1v) is 5.08. The standard InChI is InChI=1S/C13H14N2/c1-12(15-11-5-10-14-15)8-9-13-6-3-2-4-7-13/h2-12H,1H3. The molecule has 2 rings (SSSR count). The molecule has 1 unspecified atom stereocenters. The molecule has 1 aromatic heterocycles. The van der Waals surface area contributed by atoms with E-state index in [1.807, 2.05) is 35.1 Å². The minimum atomic E-state index is 0.292. The first kappa shape index (κ1) is 9.71. The molecule has 0 aliphatic carbocycles. The predicted molar refractivity (Wildman–Crippen MR) is 62.4 cm³/mol. The molecule has 0 amide bonds. The molecule has 2 nitrogen and oxygen atoms in total. The highest BCUT2D eigenvalue weighted by atomic mass is 15.3. The molecular formula is C13H14N2. The number of aromatic nitrogens is 2. The maximum absolute atomic E-state index is 4.19. The van der Waals surface area contributed by atoms with E-state index in [1.54, 1.807) is 6.20 Å². The van der Waals surface area contributed by atoms with Gasteiger partial charge in [0, 0.05) is 12.4 Å². The fourth-order valence-corrected chi connectivity index (χ4v) is 1.42. The summed E-state index contributed by atoms with van der Waals surface area (Å²) in [7, 11) is 0. The van der Waals surface area contributed by atoms with Gasteiger partial charge in [-0.2, -0.15) is 5.10 Å². The molecule has 0 fully saturated rings. The zero-order chi connectivity index (χ0) is 10.5. The zero-order valence-electron chi connectivity index (χ0n) is 8.75. The van der Waals surface area contributed by atoms with E-state index in [4.69, 9.17) is 0 Å². The second-order valence-electron chi connectivity index (χ2n) is 3.50. The summed E-state index contributed by atoms with van der Waals surface area (Å²) in [5.74, 6) is 0. The van der Waals surface area contributed by atoms with Crippen LogP contribution in [-0.2, 0) is 0 Å². The lowest BCUT2D eigenvalue weighted by Crippen LogP contribution is -2.01. The highest BCUT2D eigenvalue weighted by molar-refractivity contribution is 5.49. The highest BCUT2D eigenvalue weighted by Gasteiger charge is 1.97. The molecule has 0 spiro atoms. The Morgan fingerprint density at radius 2 is 2.00 bits per heavy atom. The predicted octanol–water partition coefficient (Wildman–Crippen LogP) is 3.16. The van der Waals surface area contributed by atoms with E-state index in [2.05, 4.69) is 36.3 Å². The van der Waals surface area contributed by atoms with Gasteiger partial charge >= 0.3 is 0 Å². The van der Waals surface area contributed by atoms with Gasteiger partial charge in [0.1, 0.15) is 0 Å². The number of nitrogens with zero attached hydrogens (tertiary/aromatic N) is 2. The van der Waals surface area contributed by atoms with Gasteiger partial charge in [0.15, 0.2) is 0 Å². The molecule has 1 aromatic carbocycles. The van der Waals surface area contributed by atoms with Crippen molar-refractivity contribution in [3.8, 4) is 0 Å². The van der Waals surface area contributed by atoms with Crippen LogP contribution in [0.3, 0.4) is 0 Å². The summed E-state index contributed by atoms with van der Waals surface area (Å²) < 4.78 is 1.93. The Kier molecular flexibility index (Phi) is 2.98. The van der Waals surface area contributed by atoms with E-state index in [0.717, 1.165) is 0 Å². The average Bonchev–Trinajstić information content (AvgIpc) is 2.81. The topological polar surface area (TPSA) is 17.8 Å². The SMILES string of the molecule is CC(C=Cc1ccccc1)n1cccn1. The van der Waals surface area contributed by atoms with Crippen LogP contribution in [0, 0.1) is 0 Å². The summed E-state index contributed by atoms with van der Waals surface area (Å²) in [5, 5.41) is 4.19. The molecule has 0 N–H and O–H groups in total. The molecule has 15 heavy (non-hydrogen) atoms. The number of hydrogen-bond donors (Lipinski definition) is 0. The van der Waals surface area contributed by atoms with Crippen LogP contribution in [0.1, 0.15) is 18.5 Å². The van der Waals surface area contributed by atoms with E-state index in [-0.39, 0.29) is 0 Å². The highest BCUT2D eigenvalue weighted by Crippen LogP contribution is 2.08. The minimum absolute atomic E-state index is 0.292. The van der Waals surface area contributed by atoms with Crippen LogP contribution in [0.15, 0.2) is 54.9 Å².